The van der Waals surface area contributed by atoms with Gasteiger partial charge in [-0.25, -0.2) is 0 Å². The summed E-state index contributed by atoms with van der Waals surface area (Å²) in [7, 11) is 1.68. The third kappa shape index (κ3) is 4.72. The van der Waals surface area contributed by atoms with Gasteiger partial charge in [-0.3, -0.25) is 4.79 Å². The molecular weight excluding hydrogens is 310 g/mol. The average molecular weight is 335 g/mol. The first-order valence-corrected chi connectivity index (χ1v) is 8.92. The number of benzene rings is 2. The number of likely N-dealkylation sites (tertiary alicyclic amines) is 1. The smallest absolute Gasteiger partial charge is 0.246 e. The quantitative estimate of drug-likeness (QED) is 0.770. The molecule has 0 aromatic heterocycles. The Kier molecular flexibility index (Phi) is 5.89. The summed E-state index contributed by atoms with van der Waals surface area (Å²) in [5.41, 5.74) is 2.34. The normalized spacial score (nSPS) is 18.1. The Labute approximate surface area is 149 Å². The Bertz CT molecular complexity index is 707. The summed E-state index contributed by atoms with van der Waals surface area (Å²) in [6.07, 6.45) is 6.94. The maximum Gasteiger partial charge on any atom is 0.246 e. The Morgan fingerprint density at radius 1 is 1.08 bits per heavy atom. The zero-order valence-electron chi connectivity index (χ0n) is 14.7. The summed E-state index contributed by atoms with van der Waals surface area (Å²) in [5.74, 6) is 1.36. The Morgan fingerprint density at radius 2 is 1.84 bits per heavy atom. The highest BCUT2D eigenvalue weighted by Crippen LogP contribution is 2.28. The minimum atomic E-state index is 0.101. The van der Waals surface area contributed by atoms with Crippen molar-refractivity contribution in [1.29, 1.82) is 0 Å². The van der Waals surface area contributed by atoms with Gasteiger partial charge in [0.15, 0.2) is 0 Å². The molecule has 0 unspecified atom stereocenters. The summed E-state index contributed by atoms with van der Waals surface area (Å²) in [6, 6.07) is 18.2. The lowest BCUT2D eigenvalue weighted by molar-refractivity contribution is -0.126. The van der Waals surface area contributed by atoms with E-state index in [-0.39, 0.29) is 5.91 Å². The van der Waals surface area contributed by atoms with Crippen LogP contribution in [0.25, 0.3) is 6.08 Å². The number of hydrogen-bond donors (Lipinski definition) is 0. The van der Waals surface area contributed by atoms with Crippen LogP contribution in [-0.2, 0) is 4.79 Å². The van der Waals surface area contributed by atoms with Gasteiger partial charge in [0.25, 0.3) is 0 Å². The second kappa shape index (κ2) is 8.52. The average Bonchev–Trinajstić information content (AvgIpc) is 2.93. The number of amides is 1. The predicted octanol–water partition coefficient (Wildman–Crippen LogP) is 4.50. The summed E-state index contributed by atoms with van der Waals surface area (Å²) in [6.45, 7) is 1.62. The number of rotatable bonds is 4. The standard InChI is InChI=1S/C22H25NO2/c1-25-21-13-11-19(12-14-21)20-9-5-6-16-23(17-20)22(24)15-10-18-7-3-2-4-8-18/h2-4,7-8,10-15,20H,5-6,9,16-17H2,1H3/b15-10+/t20-/m0/s1. The number of ether oxygens (including phenoxy) is 1. The molecular formula is C22H25NO2. The van der Waals surface area contributed by atoms with Gasteiger partial charge >= 0.3 is 0 Å². The van der Waals surface area contributed by atoms with Crippen molar-refractivity contribution in [2.45, 2.75) is 25.2 Å². The lowest BCUT2D eigenvalue weighted by Crippen LogP contribution is -2.32. The van der Waals surface area contributed by atoms with Crippen molar-refractivity contribution >= 4 is 12.0 Å². The number of nitrogens with zero attached hydrogens (tertiary/aromatic N) is 1. The van der Waals surface area contributed by atoms with Gasteiger partial charge in [-0.05, 0) is 42.2 Å². The van der Waals surface area contributed by atoms with E-state index in [0.29, 0.717) is 5.92 Å². The van der Waals surface area contributed by atoms with Crippen LogP contribution in [0.4, 0.5) is 0 Å². The molecule has 2 aromatic rings. The highest BCUT2D eigenvalue weighted by Gasteiger charge is 2.22. The van der Waals surface area contributed by atoms with E-state index < -0.39 is 0 Å². The first-order chi connectivity index (χ1) is 12.3. The van der Waals surface area contributed by atoms with Crippen LogP contribution in [0, 0.1) is 0 Å². The number of carbonyl (C=O) groups is 1. The SMILES string of the molecule is COc1ccc([C@H]2CCCCN(C(=O)/C=C/c3ccccc3)C2)cc1. The van der Waals surface area contributed by atoms with Gasteiger partial charge in [0, 0.05) is 25.1 Å². The summed E-state index contributed by atoms with van der Waals surface area (Å²) in [5, 5.41) is 0. The van der Waals surface area contributed by atoms with E-state index >= 15 is 0 Å². The van der Waals surface area contributed by atoms with Gasteiger partial charge in [-0.1, -0.05) is 48.9 Å². The van der Waals surface area contributed by atoms with E-state index in [0.717, 1.165) is 43.7 Å². The molecule has 1 atom stereocenters. The molecule has 0 spiro atoms. The number of carbonyl (C=O) groups excluding carboxylic acids is 1. The Hall–Kier alpha value is -2.55. The molecule has 0 radical (unpaired) electrons. The zero-order chi connectivity index (χ0) is 17.5. The van der Waals surface area contributed by atoms with Crippen LogP contribution in [0.1, 0.15) is 36.3 Å². The van der Waals surface area contributed by atoms with Gasteiger partial charge in [-0.2, -0.15) is 0 Å². The number of methoxy groups -OCH3 is 1. The summed E-state index contributed by atoms with van der Waals surface area (Å²) < 4.78 is 5.24. The molecule has 0 bridgehead atoms. The monoisotopic (exact) mass is 335 g/mol. The lowest BCUT2D eigenvalue weighted by Gasteiger charge is -2.24. The van der Waals surface area contributed by atoms with E-state index in [1.54, 1.807) is 13.2 Å². The Morgan fingerprint density at radius 3 is 2.56 bits per heavy atom. The van der Waals surface area contributed by atoms with Crippen LogP contribution < -0.4 is 4.74 Å². The molecule has 1 aliphatic rings. The fraction of sp³-hybridized carbons (Fsp3) is 0.318. The molecule has 1 amide bonds. The van der Waals surface area contributed by atoms with Crippen molar-refractivity contribution in [2.75, 3.05) is 20.2 Å². The Balaban J connectivity index is 1.68. The highest BCUT2D eigenvalue weighted by atomic mass is 16.5. The molecule has 1 heterocycles. The maximum atomic E-state index is 12.6. The van der Waals surface area contributed by atoms with Crippen LogP contribution in [0.2, 0.25) is 0 Å². The summed E-state index contributed by atoms with van der Waals surface area (Å²) in [4.78, 5) is 14.6. The topological polar surface area (TPSA) is 29.5 Å². The molecule has 3 rings (SSSR count). The van der Waals surface area contributed by atoms with E-state index in [1.165, 1.54) is 5.56 Å². The second-order valence-corrected chi connectivity index (χ2v) is 6.49. The zero-order valence-corrected chi connectivity index (χ0v) is 14.7. The van der Waals surface area contributed by atoms with Gasteiger partial charge < -0.3 is 9.64 Å². The molecule has 3 heteroatoms. The van der Waals surface area contributed by atoms with E-state index in [1.807, 2.05) is 53.4 Å². The third-order valence-electron chi connectivity index (χ3n) is 4.79. The molecule has 3 nitrogen and oxygen atoms in total. The van der Waals surface area contributed by atoms with Gasteiger partial charge in [-0.15, -0.1) is 0 Å². The highest BCUT2D eigenvalue weighted by molar-refractivity contribution is 5.91. The van der Waals surface area contributed by atoms with Crippen molar-refractivity contribution in [3.63, 3.8) is 0 Å². The minimum Gasteiger partial charge on any atom is -0.497 e. The van der Waals surface area contributed by atoms with Crippen molar-refractivity contribution in [3.05, 3.63) is 71.8 Å². The van der Waals surface area contributed by atoms with Crippen LogP contribution in [-0.4, -0.2) is 31.0 Å². The van der Waals surface area contributed by atoms with Crippen molar-refractivity contribution < 1.29 is 9.53 Å². The van der Waals surface area contributed by atoms with Crippen LogP contribution in [0.5, 0.6) is 5.75 Å². The lowest BCUT2D eigenvalue weighted by atomic mass is 9.94. The molecule has 1 fully saturated rings. The predicted molar refractivity (Wildman–Crippen MR) is 102 cm³/mol. The van der Waals surface area contributed by atoms with Crippen molar-refractivity contribution in [2.24, 2.45) is 0 Å². The van der Waals surface area contributed by atoms with Gasteiger partial charge in [0.1, 0.15) is 5.75 Å². The second-order valence-electron chi connectivity index (χ2n) is 6.49. The maximum absolute atomic E-state index is 12.6. The first kappa shape index (κ1) is 17.3. The first-order valence-electron chi connectivity index (χ1n) is 8.92. The fourth-order valence-electron chi connectivity index (χ4n) is 3.33. The summed E-state index contributed by atoms with van der Waals surface area (Å²) >= 11 is 0. The molecule has 1 aliphatic heterocycles. The fourth-order valence-corrected chi connectivity index (χ4v) is 3.33. The van der Waals surface area contributed by atoms with Gasteiger partial charge in [0.05, 0.1) is 7.11 Å². The molecule has 2 aromatic carbocycles. The van der Waals surface area contributed by atoms with Crippen molar-refractivity contribution in [3.8, 4) is 5.75 Å². The largest absolute Gasteiger partial charge is 0.497 e. The molecule has 25 heavy (non-hydrogen) atoms. The van der Waals surface area contributed by atoms with Crippen LogP contribution in [0.15, 0.2) is 60.7 Å². The molecule has 130 valence electrons. The molecule has 0 aliphatic carbocycles. The molecule has 0 N–H and O–H groups in total. The van der Waals surface area contributed by atoms with E-state index in [2.05, 4.69) is 12.1 Å². The third-order valence-corrected chi connectivity index (χ3v) is 4.79. The molecule has 0 saturated carbocycles. The van der Waals surface area contributed by atoms with Crippen LogP contribution >= 0.6 is 0 Å². The van der Waals surface area contributed by atoms with Crippen LogP contribution in [0.3, 0.4) is 0 Å². The van der Waals surface area contributed by atoms with E-state index in [9.17, 15) is 4.79 Å². The van der Waals surface area contributed by atoms with Gasteiger partial charge in [0.2, 0.25) is 5.91 Å². The van der Waals surface area contributed by atoms with Crippen molar-refractivity contribution in [1.82, 2.24) is 4.90 Å². The molecule has 1 saturated heterocycles. The van der Waals surface area contributed by atoms with E-state index in [4.69, 9.17) is 4.74 Å². The minimum absolute atomic E-state index is 0.101. The number of hydrogen-bond acceptors (Lipinski definition) is 2.